The molecule has 0 saturated heterocycles. The van der Waals surface area contributed by atoms with Crippen molar-refractivity contribution in [2.75, 3.05) is 0 Å². The summed E-state index contributed by atoms with van der Waals surface area (Å²) in [6.07, 6.45) is 1.32. The van der Waals surface area contributed by atoms with Crippen LogP contribution >= 0.6 is 11.6 Å². The molecule has 0 aromatic carbocycles. The summed E-state index contributed by atoms with van der Waals surface area (Å²) >= 11 is 5.47. The maximum Gasteiger partial charge on any atom is 0.315 e. The summed E-state index contributed by atoms with van der Waals surface area (Å²) in [5.74, 6) is 0. The highest BCUT2D eigenvalue weighted by molar-refractivity contribution is 6.28. The summed E-state index contributed by atoms with van der Waals surface area (Å²) in [6, 6.07) is 0. The molecule has 0 aliphatic carbocycles. The van der Waals surface area contributed by atoms with Crippen molar-refractivity contribution in [3.8, 4) is 0 Å². The van der Waals surface area contributed by atoms with Gasteiger partial charge in [0, 0.05) is 0 Å². The number of aromatic amines is 2. The molecule has 0 bridgehead atoms. The van der Waals surface area contributed by atoms with Crippen LogP contribution in [0.25, 0.3) is 11.2 Å². The van der Waals surface area contributed by atoms with Crippen molar-refractivity contribution in [1.29, 1.82) is 0 Å². The number of rotatable bonds is 0. The van der Waals surface area contributed by atoms with E-state index in [1.807, 2.05) is 0 Å². The molecule has 2 N–H and O–H groups in total. The summed E-state index contributed by atoms with van der Waals surface area (Å²) in [5, 5.41) is 0.00944. The van der Waals surface area contributed by atoms with Crippen LogP contribution in [-0.4, -0.2) is 19.9 Å². The molecule has 66 valence electrons. The minimum atomic E-state index is -0.762. The number of halogens is 1. The van der Waals surface area contributed by atoms with Gasteiger partial charge in [-0.3, -0.25) is 9.59 Å². The van der Waals surface area contributed by atoms with Gasteiger partial charge in [0.15, 0.2) is 5.65 Å². The van der Waals surface area contributed by atoms with Gasteiger partial charge in [0.05, 0.1) is 6.20 Å². The molecule has 0 saturated carbocycles. The summed E-state index contributed by atoms with van der Waals surface area (Å²) in [5.41, 5.74) is -0.945. The molecule has 7 heteroatoms. The van der Waals surface area contributed by atoms with Gasteiger partial charge in [0.1, 0.15) is 5.52 Å². The zero-order chi connectivity index (χ0) is 9.42. The Morgan fingerprint density at radius 3 is 2.69 bits per heavy atom. The average molecular weight is 199 g/mol. The topological polar surface area (TPSA) is 91.5 Å². The first kappa shape index (κ1) is 7.93. The maximum absolute atomic E-state index is 10.8. The predicted octanol–water partition coefficient (Wildman–Crippen LogP) is -0.340. The van der Waals surface area contributed by atoms with Gasteiger partial charge in [-0.1, -0.05) is 0 Å². The van der Waals surface area contributed by atoms with Gasteiger partial charge in [-0.2, -0.15) is 4.98 Å². The van der Waals surface area contributed by atoms with E-state index in [0.717, 1.165) is 0 Å². The fraction of sp³-hybridized carbons (Fsp3) is 0. The maximum atomic E-state index is 10.8. The molecule has 0 amide bonds. The van der Waals surface area contributed by atoms with Crippen molar-refractivity contribution in [1.82, 2.24) is 19.9 Å². The monoisotopic (exact) mass is 198 g/mol. The normalized spacial score (nSPS) is 10.5. The van der Waals surface area contributed by atoms with E-state index in [9.17, 15) is 9.59 Å². The Labute approximate surface area is 75.6 Å². The lowest BCUT2D eigenvalue weighted by atomic mass is 10.5. The molecule has 6 nitrogen and oxygen atoms in total. The highest BCUT2D eigenvalue weighted by Gasteiger charge is 2.00. The summed E-state index contributed by atoms with van der Waals surface area (Å²) in [7, 11) is 0. The van der Waals surface area contributed by atoms with Crippen LogP contribution in [0.4, 0.5) is 0 Å². The molecule has 0 aliphatic heterocycles. The lowest BCUT2D eigenvalue weighted by Crippen LogP contribution is -2.29. The van der Waals surface area contributed by atoms with Crippen LogP contribution in [-0.2, 0) is 0 Å². The predicted molar refractivity (Wildman–Crippen MR) is 45.8 cm³/mol. The molecule has 0 atom stereocenters. The van der Waals surface area contributed by atoms with E-state index in [0.29, 0.717) is 5.52 Å². The Bertz CT molecular complexity index is 573. The van der Waals surface area contributed by atoms with E-state index in [-0.39, 0.29) is 10.9 Å². The smallest absolute Gasteiger partial charge is 0.313 e. The number of hydrogen-bond acceptors (Lipinski definition) is 4. The van der Waals surface area contributed by atoms with Crippen molar-refractivity contribution in [2.45, 2.75) is 0 Å². The van der Waals surface area contributed by atoms with Crippen molar-refractivity contribution < 1.29 is 0 Å². The minimum Gasteiger partial charge on any atom is -0.313 e. The second-order valence-electron chi connectivity index (χ2n) is 2.31. The van der Waals surface area contributed by atoms with Gasteiger partial charge in [-0.25, -0.2) is 4.98 Å². The van der Waals surface area contributed by atoms with Crippen molar-refractivity contribution in [3.05, 3.63) is 32.2 Å². The van der Waals surface area contributed by atoms with Crippen LogP contribution in [0.1, 0.15) is 0 Å². The fourth-order valence-corrected chi connectivity index (χ4v) is 1.02. The van der Waals surface area contributed by atoms with Gasteiger partial charge in [0.25, 0.3) is 0 Å². The number of fused-ring (bicyclic) bond motifs is 1. The van der Waals surface area contributed by atoms with Crippen LogP contribution in [0.15, 0.2) is 15.8 Å². The number of hydrogen-bond donors (Lipinski definition) is 2. The van der Waals surface area contributed by atoms with Crippen LogP contribution in [0.5, 0.6) is 0 Å². The molecule has 0 unspecified atom stereocenters. The molecule has 2 heterocycles. The molecule has 0 aliphatic rings. The third-order valence-corrected chi connectivity index (χ3v) is 1.63. The molecular formula is C6H3ClN4O2. The van der Waals surface area contributed by atoms with Crippen LogP contribution in [0, 0.1) is 0 Å². The quantitative estimate of drug-likeness (QED) is 0.448. The van der Waals surface area contributed by atoms with E-state index in [1.54, 1.807) is 0 Å². The highest BCUT2D eigenvalue weighted by atomic mass is 35.5. The molecule has 2 aromatic heterocycles. The Hall–Kier alpha value is -1.69. The van der Waals surface area contributed by atoms with Crippen LogP contribution < -0.4 is 11.1 Å². The molecule has 2 aromatic rings. The SMILES string of the molecule is O=c1[nH]c2cnc(Cl)nc2[nH]c1=O. The second kappa shape index (κ2) is 2.67. The zero-order valence-corrected chi connectivity index (χ0v) is 6.92. The highest BCUT2D eigenvalue weighted by Crippen LogP contribution is 2.03. The number of H-pyrrole nitrogens is 2. The Balaban J connectivity index is 2.97. The lowest BCUT2D eigenvalue weighted by Gasteiger charge is -1.94. The van der Waals surface area contributed by atoms with Gasteiger partial charge in [0.2, 0.25) is 5.28 Å². The molecule has 13 heavy (non-hydrogen) atoms. The summed E-state index contributed by atoms with van der Waals surface area (Å²) < 4.78 is 0. The van der Waals surface area contributed by atoms with Gasteiger partial charge in [-0.05, 0) is 11.6 Å². The average Bonchev–Trinajstić information content (AvgIpc) is 2.08. The first-order valence-corrected chi connectivity index (χ1v) is 3.69. The lowest BCUT2D eigenvalue weighted by molar-refractivity contribution is 1.08. The third-order valence-electron chi connectivity index (χ3n) is 1.45. The Morgan fingerprint density at radius 2 is 1.92 bits per heavy atom. The van der Waals surface area contributed by atoms with Gasteiger partial charge < -0.3 is 9.97 Å². The summed E-state index contributed by atoms with van der Waals surface area (Å²) in [6.45, 7) is 0. The standard InChI is InChI=1S/C6H3ClN4O2/c7-6-8-1-2-3(11-6)10-5(13)4(12)9-2/h1H,(H,9,12)(H,8,10,11,13). The second-order valence-corrected chi connectivity index (χ2v) is 2.65. The van der Waals surface area contributed by atoms with Crippen LogP contribution in [0.3, 0.4) is 0 Å². The first-order valence-electron chi connectivity index (χ1n) is 3.31. The molecule has 2 rings (SSSR count). The van der Waals surface area contributed by atoms with E-state index < -0.39 is 11.1 Å². The third kappa shape index (κ3) is 1.31. The minimum absolute atomic E-state index is 0.00944. The fourth-order valence-electron chi connectivity index (χ4n) is 0.890. The van der Waals surface area contributed by atoms with Crippen molar-refractivity contribution >= 4 is 22.8 Å². The Morgan fingerprint density at radius 1 is 1.23 bits per heavy atom. The number of aromatic nitrogens is 4. The molecule has 0 fully saturated rings. The van der Waals surface area contributed by atoms with Crippen LogP contribution in [0.2, 0.25) is 5.28 Å². The number of nitrogens with zero attached hydrogens (tertiary/aromatic N) is 2. The van der Waals surface area contributed by atoms with Gasteiger partial charge >= 0.3 is 11.1 Å². The molecule has 0 radical (unpaired) electrons. The summed E-state index contributed by atoms with van der Waals surface area (Å²) in [4.78, 5) is 33.6. The van der Waals surface area contributed by atoms with E-state index in [1.165, 1.54) is 6.20 Å². The van der Waals surface area contributed by atoms with E-state index in [2.05, 4.69) is 19.9 Å². The Kier molecular flexibility index (Phi) is 1.63. The van der Waals surface area contributed by atoms with Crippen molar-refractivity contribution in [3.63, 3.8) is 0 Å². The molecule has 0 spiro atoms. The first-order chi connectivity index (χ1) is 6.16. The zero-order valence-electron chi connectivity index (χ0n) is 6.17. The largest absolute Gasteiger partial charge is 0.315 e. The van der Waals surface area contributed by atoms with E-state index >= 15 is 0 Å². The van der Waals surface area contributed by atoms with Crippen molar-refractivity contribution in [2.24, 2.45) is 0 Å². The van der Waals surface area contributed by atoms with E-state index in [4.69, 9.17) is 11.6 Å². The number of nitrogens with one attached hydrogen (secondary N) is 2. The van der Waals surface area contributed by atoms with Gasteiger partial charge in [-0.15, -0.1) is 0 Å². The molecular weight excluding hydrogens is 196 g/mol.